The molecule has 0 saturated carbocycles. The number of benzene rings is 1. The minimum absolute atomic E-state index is 0.102. The van der Waals surface area contributed by atoms with E-state index in [0.29, 0.717) is 53.9 Å². The van der Waals surface area contributed by atoms with E-state index < -0.39 is 17.9 Å². The Bertz CT molecular complexity index is 940. The van der Waals surface area contributed by atoms with Crippen molar-refractivity contribution in [2.45, 2.75) is 31.7 Å². The van der Waals surface area contributed by atoms with Crippen LogP contribution in [0.1, 0.15) is 55.6 Å². The van der Waals surface area contributed by atoms with Gasteiger partial charge in [-0.05, 0) is 30.4 Å². The summed E-state index contributed by atoms with van der Waals surface area (Å²) in [7, 11) is 2.65. The fourth-order valence-electron chi connectivity index (χ4n) is 4.23. The highest BCUT2D eigenvalue weighted by atomic mass is 16.5. The van der Waals surface area contributed by atoms with Crippen LogP contribution < -0.4 is 0 Å². The predicted molar refractivity (Wildman–Crippen MR) is 92.4 cm³/mol. The van der Waals surface area contributed by atoms with Crippen LogP contribution in [0.3, 0.4) is 0 Å². The molecule has 6 nitrogen and oxygen atoms in total. The zero-order chi connectivity index (χ0) is 18.4. The third-order valence-corrected chi connectivity index (χ3v) is 5.37. The van der Waals surface area contributed by atoms with E-state index in [4.69, 9.17) is 9.47 Å². The second kappa shape index (κ2) is 6.12. The standard InChI is InChI=1S/C20H19NO5/c1-25-19(23)14-9-10-21-16(14)15(20(24)26-2)13-8-7-11-5-3-4-6-12(11)18(22)17(13)21/h3-6,14H,7-10H2,1-2H3. The Kier molecular flexibility index (Phi) is 3.90. The van der Waals surface area contributed by atoms with Crippen LogP contribution in [0.2, 0.25) is 0 Å². The zero-order valence-corrected chi connectivity index (χ0v) is 14.7. The Morgan fingerprint density at radius 2 is 1.88 bits per heavy atom. The van der Waals surface area contributed by atoms with Gasteiger partial charge in [-0.25, -0.2) is 4.79 Å². The molecule has 0 amide bonds. The van der Waals surface area contributed by atoms with E-state index in [2.05, 4.69) is 0 Å². The van der Waals surface area contributed by atoms with Gasteiger partial charge in [0, 0.05) is 17.8 Å². The Morgan fingerprint density at radius 1 is 1.12 bits per heavy atom. The smallest absolute Gasteiger partial charge is 0.340 e. The number of carbonyl (C=O) groups is 3. The summed E-state index contributed by atoms with van der Waals surface area (Å²) in [6.07, 6.45) is 1.72. The molecule has 134 valence electrons. The van der Waals surface area contributed by atoms with Gasteiger partial charge in [0.2, 0.25) is 5.78 Å². The Morgan fingerprint density at radius 3 is 2.62 bits per heavy atom. The van der Waals surface area contributed by atoms with Gasteiger partial charge in [-0.15, -0.1) is 0 Å². The van der Waals surface area contributed by atoms with E-state index in [9.17, 15) is 14.4 Å². The van der Waals surface area contributed by atoms with Crippen LogP contribution in [0.5, 0.6) is 0 Å². The van der Waals surface area contributed by atoms with Gasteiger partial charge in [0.1, 0.15) is 0 Å². The molecule has 1 unspecified atom stereocenters. The number of rotatable bonds is 2. The number of ether oxygens (including phenoxy) is 2. The van der Waals surface area contributed by atoms with Crippen LogP contribution in [-0.4, -0.2) is 36.5 Å². The molecule has 0 fully saturated rings. The maximum Gasteiger partial charge on any atom is 0.340 e. The molecule has 4 rings (SSSR count). The van der Waals surface area contributed by atoms with Gasteiger partial charge < -0.3 is 14.0 Å². The Balaban J connectivity index is 1.97. The van der Waals surface area contributed by atoms with Crippen molar-refractivity contribution in [1.29, 1.82) is 0 Å². The molecular weight excluding hydrogens is 334 g/mol. The number of nitrogens with zero attached hydrogens (tertiary/aromatic N) is 1. The average molecular weight is 353 g/mol. The van der Waals surface area contributed by atoms with Crippen molar-refractivity contribution in [1.82, 2.24) is 4.57 Å². The average Bonchev–Trinajstić information content (AvgIpc) is 3.18. The van der Waals surface area contributed by atoms with Gasteiger partial charge in [0.15, 0.2) is 0 Å². The molecule has 1 atom stereocenters. The van der Waals surface area contributed by atoms with E-state index in [0.717, 1.165) is 5.56 Å². The van der Waals surface area contributed by atoms with Crippen molar-refractivity contribution in [2.75, 3.05) is 14.2 Å². The molecule has 1 aromatic heterocycles. The SMILES string of the molecule is COC(=O)c1c2c(n3c1C(C(=O)OC)CC3)C(=O)c1ccccc1CC2. The van der Waals surface area contributed by atoms with Crippen molar-refractivity contribution in [2.24, 2.45) is 0 Å². The maximum absolute atomic E-state index is 13.3. The lowest BCUT2D eigenvalue weighted by Gasteiger charge is -2.10. The monoisotopic (exact) mass is 353 g/mol. The normalized spacial score (nSPS) is 17.8. The molecule has 6 heteroatoms. The predicted octanol–water partition coefficient (Wildman–Crippen LogP) is 2.26. The van der Waals surface area contributed by atoms with Crippen LogP contribution in [0.25, 0.3) is 0 Å². The molecule has 0 radical (unpaired) electrons. The first kappa shape index (κ1) is 16.6. The van der Waals surface area contributed by atoms with Gasteiger partial charge in [-0.3, -0.25) is 9.59 Å². The lowest BCUT2D eigenvalue weighted by atomic mass is 9.96. The summed E-state index contributed by atoms with van der Waals surface area (Å²) in [5, 5.41) is 0. The van der Waals surface area contributed by atoms with Crippen LogP contribution in [0, 0.1) is 0 Å². The van der Waals surface area contributed by atoms with E-state index in [1.54, 1.807) is 0 Å². The quantitative estimate of drug-likeness (QED) is 0.774. The number of aryl methyl sites for hydroxylation is 1. The molecule has 0 saturated heterocycles. The van der Waals surface area contributed by atoms with E-state index in [1.165, 1.54) is 14.2 Å². The van der Waals surface area contributed by atoms with Gasteiger partial charge >= 0.3 is 11.9 Å². The lowest BCUT2D eigenvalue weighted by molar-refractivity contribution is -0.142. The Labute approximate surface area is 150 Å². The largest absolute Gasteiger partial charge is 0.469 e. The molecular formula is C20H19NO5. The van der Waals surface area contributed by atoms with E-state index in [1.807, 2.05) is 28.8 Å². The molecule has 2 heterocycles. The van der Waals surface area contributed by atoms with Crippen LogP contribution in [0.15, 0.2) is 24.3 Å². The number of esters is 2. The van der Waals surface area contributed by atoms with Crippen molar-refractivity contribution in [3.05, 3.63) is 57.9 Å². The summed E-state index contributed by atoms with van der Waals surface area (Å²) < 4.78 is 11.7. The zero-order valence-electron chi connectivity index (χ0n) is 14.7. The summed E-state index contributed by atoms with van der Waals surface area (Å²) in [6.45, 7) is 0.502. The van der Waals surface area contributed by atoms with Gasteiger partial charge in [-0.2, -0.15) is 0 Å². The second-order valence-electron chi connectivity index (χ2n) is 6.58. The molecule has 2 aromatic rings. The van der Waals surface area contributed by atoms with Crippen molar-refractivity contribution >= 4 is 17.7 Å². The fourth-order valence-corrected chi connectivity index (χ4v) is 4.23. The summed E-state index contributed by atoms with van der Waals surface area (Å²) in [6, 6.07) is 7.51. The minimum atomic E-state index is -0.552. The molecule has 1 aromatic carbocycles. The third kappa shape index (κ3) is 2.21. The molecule has 1 aliphatic heterocycles. The molecule has 0 bridgehead atoms. The molecule has 0 N–H and O–H groups in total. The topological polar surface area (TPSA) is 74.6 Å². The van der Waals surface area contributed by atoms with Crippen LogP contribution in [0.4, 0.5) is 0 Å². The van der Waals surface area contributed by atoms with Crippen LogP contribution >= 0.6 is 0 Å². The summed E-state index contributed by atoms with van der Waals surface area (Å²) in [5.41, 5.74) is 3.74. The number of hydrogen-bond acceptors (Lipinski definition) is 5. The lowest BCUT2D eigenvalue weighted by Crippen LogP contribution is -2.16. The molecule has 2 aliphatic rings. The van der Waals surface area contributed by atoms with Gasteiger partial charge in [0.05, 0.1) is 31.4 Å². The number of hydrogen-bond donors (Lipinski definition) is 0. The van der Waals surface area contributed by atoms with Crippen molar-refractivity contribution in [3.8, 4) is 0 Å². The first-order chi connectivity index (χ1) is 12.6. The van der Waals surface area contributed by atoms with Crippen molar-refractivity contribution in [3.63, 3.8) is 0 Å². The maximum atomic E-state index is 13.3. The number of ketones is 1. The first-order valence-electron chi connectivity index (χ1n) is 8.62. The number of carbonyl (C=O) groups excluding carboxylic acids is 3. The number of aromatic nitrogens is 1. The van der Waals surface area contributed by atoms with Gasteiger partial charge in [-0.1, -0.05) is 24.3 Å². The first-order valence-corrected chi connectivity index (χ1v) is 8.62. The second-order valence-corrected chi connectivity index (χ2v) is 6.58. The molecule has 26 heavy (non-hydrogen) atoms. The molecule has 0 spiro atoms. The Hall–Kier alpha value is -2.89. The summed E-state index contributed by atoms with van der Waals surface area (Å²) in [5.74, 6) is -1.56. The molecule has 1 aliphatic carbocycles. The highest BCUT2D eigenvalue weighted by Gasteiger charge is 2.42. The van der Waals surface area contributed by atoms with Crippen LogP contribution in [-0.2, 0) is 33.7 Å². The number of methoxy groups -OCH3 is 2. The van der Waals surface area contributed by atoms with Crippen molar-refractivity contribution < 1.29 is 23.9 Å². The third-order valence-electron chi connectivity index (χ3n) is 5.37. The highest BCUT2D eigenvalue weighted by Crippen LogP contribution is 2.40. The van der Waals surface area contributed by atoms with Gasteiger partial charge in [0.25, 0.3) is 0 Å². The van der Waals surface area contributed by atoms with E-state index >= 15 is 0 Å². The number of fused-ring (bicyclic) bond motifs is 4. The summed E-state index contributed by atoms with van der Waals surface area (Å²) >= 11 is 0. The van der Waals surface area contributed by atoms with E-state index in [-0.39, 0.29) is 5.78 Å². The highest BCUT2D eigenvalue weighted by molar-refractivity contribution is 6.13. The minimum Gasteiger partial charge on any atom is -0.469 e. The summed E-state index contributed by atoms with van der Waals surface area (Å²) in [4.78, 5) is 38.1. The fraction of sp³-hybridized carbons (Fsp3) is 0.350.